The highest BCUT2D eigenvalue weighted by molar-refractivity contribution is 9.10. The van der Waals surface area contributed by atoms with Gasteiger partial charge in [0.25, 0.3) is 5.91 Å². The molecule has 1 spiro atoms. The van der Waals surface area contributed by atoms with E-state index in [1.165, 1.54) is 6.07 Å². The molecule has 0 unspecified atom stereocenters. The summed E-state index contributed by atoms with van der Waals surface area (Å²) in [5, 5.41) is 0. The summed E-state index contributed by atoms with van der Waals surface area (Å²) in [5.41, 5.74) is 0.0782. The largest absolute Gasteiger partial charge is 0.346 e. The van der Waals surface area contributed by atoms with E-state index in [0.29, 0.717) is 30.8 Å². The van der Waals surface area contributed by atoms with Crippen molar-refractivity contribution in [1.29, 1.82) is 0 Å². The number of amides is 1. The number of hydrogen-bond donors (Lipinski definition) is 0. The number of carbonyl (C=O) groups is 1. The maximum absolute atomic E-state index is 14.0. The van der Waals surface area contributed by atoms with E-state index >= 15 is 0 Å². The van der Waals surface area contributed by atoms with Crippen molar-refractivity contribution >= 4 is 21.8 Å². The third-order valence-electron chi connectivity index (χ3n) is 3.70. The van der Waals surface area contributed by atoms with Crippen LogP contribution in [0.15, 0.2) is 22.7 Å². The summed E-state index contributed by atoms with van der Waals surface area (Å²) < 4.78 is 25.6. The Bertz CT molecular complexity index is 531. The molecule has 2 aliphatic rings. The van der Waals surface area contributed by atoms with Gasteiger partial charge in [0.15, 0.2) is 5.79 Å². The van der Waals surface area contributed by atoms with Crippen LogP contribution in [-0.2, 0) is 9.47 Å². The fraction of sp³-hybridized carbons (Fsp3) is 0.500. The highest BCUT2D eigenvalue weighted by atomic mass is 79.9. The van der Waals surface area contributed by atoms with Crippen LogP contribution >= 0.6 is 15.9 Å². The zero-order valence-electron chi connectivity index (χ0n) is 10.9. The molecule has 0 bridgehead atoms. The van der Waals surface area contributed by atoms with Gasteiger partial charge in [0, 0.05) is 13.0 Å². The molecular weight excluding hydrogens is 329 g/mol. The van der Waals surface area contributed by atoms with Crippen LogP contribution in [0, 0.1) is 5.82 Å². The van der Waals surface area contributed by atoms with Gasteiger partial charge in [-0.1, -0.05) is 6.07 Å². The van der Waals surface area contributed by atoms with Crippen molar-refractivity contribution in [1.82, 2.24) is 4.90 Å². The zero-order chi connectivity index (χ0) is 14.2. The predicted molar refractivity (Wildman–Crippen MR) is 73.9 cm³/mol. The Hall–Kier alpha value is -0.980. The van der Waals surface area contributed by atoms with Gasteiger partial charge in [-0.15, -0.1) is 0 Å². The van der Waals surface area contributed by atoms with Crippen molar-refractivity contribution in [3.8, 4) is 0 Å². The van der Waals surface area contributed by atoms with Gasteiger partial charge < -0.3 is 14.4 Å². The molecule has 2 aliphatic heterocycles. The van der Waals surface area contributed by atoms with Crippen LogP contribution in [0.3, 0.4) is 0 Å². The number of piperidine rings is 1. The molecule has 2 heterocycles. The number of carbonyl (C=O) groups excluding carboxylic acids is 1. The highest BCUT2D eigenvalue weighted by Crippen LogP contribution is 2.31. The molecule has 2 fully saturated rings. The van der Waals surface area contributed by atoms with E-state index in [-0.39, 0.29) is 11.5 Å². The lowest BCUT2D eigenvalue weighted by Gasteiger charge is -2.38. The Morgan fingerprint density at radius 2 is 2.10 bits per heavy atom. The van der Waals surface area contributed by atoms with E-state index in [4.69, 9.17) is 9.47 Å². The fourth-order valence-electron chi connectivity index (χ4n) is 2.73. The van der Waals surface area contributed by atoms with Crippen LogP contribution in [-0.4, -0.2) is 42.9 Å². The van der Waals surface area contributed by atoms with Gasteiger partial charge in [-0.2, -0.15) is 0 Å². The molecule has 0 N–H and O–H groups in total. The molecule has 1 aromatic carbocycles. The molecule has 6 heteroatoms. The molecular formula is C14H15BrFNO3. The van der Waals surface area contributed by atoms with Crippen molar-refractivity contribution in [2.75, 3.05) is 26.3 Å². The lowest BCUT2D eigenvalue weighted by atomic mass is 10.0. The van der Waals surface area contributed by atoms with Crippen LogP contribution < -0.4 is 0 Å². The van der Waals surface area contributed by atoms with E-state index in [0.717, 1.165) is 12.8 Å². The first-order valence-electron chi connectivity index (χ1n) is 6.62. The van der Waals surface area contributed by atoms with Crippen LogP contribution in [0.4, 0.5) is 4.39 Å². The number of nitrogens with zero attached hydrogens (tertiary/aromatic N) is 1. The smallest absolute Gasteiger partial charge is 0.257 e. The van der Waals surface area contributed by atoms with E-state index < -0.39 is 11.6 Å². The standard InChI is InChI=1S/C14H15BrFNO3/c15-11-4-1-3-10(12(11)16)13(18)17-6-2-5-14(9-17)19-7-8-20-14/h1,3-4H,2,5-9H2. The molecule has 0 aliphatic carbocycles. The normalized spacial score (nSPS) is 21.4. The Morgan fingerprint density at radius 3 is 2.85 bits per heavy atom. The van der Waals surface area contributed by atoms with Crippen molar-refractivity contribution < 1.29 is 18.7 Å². The van der Waals surface area contributed by atoms with Gasteiger partial charge in [0.2, 0.25) is 0 Å². The van der Waals surface area contributed by atoms with Crippen LogP contribution in [0.1, 0.15) is 23.2 Å². The van der Waals surface area contributed by atoms with E-state index in [9.17, 15) is 9.18 Å². The molecule has 0 aromatic heterocycles. The van der Waals surface area contributed by atoms with E-state index in [2.05, 4.69) is 15.9 Å². The zero-order valence-corrected chi connectivity index (χ0v) is 12.5. The molecule has 3 rings (SSSR count). The number of hydrogen-bond acceptors (Lipinski definition) is 3. The summed E-state index contributed by atoms with van der Waals surface area (Å²) in [6.45, 7) is 2.05. The monoisotopic (exact) mass is 343 g/mol. The first kappa shape index (κ1) is 14.0. The summed E-state index contributed by atoms with van der Waals surface area (Å²) >= 11 is 3.10. The minimum atomic E-state index is -0.684. The van der Waals surface area contributed by atoms with Gasteiger partial charge in [-0.3, -0.25) is 4.79 Å². The Morgan fingerprint density at radius 1 is 1.35 bits per heavy atom. The van der Waals surface area contributed by atoms with Gasteiger partial charge in [0.1, 0.15) is 5.82 Å². The second-order valence-corrected chi connectivity index (χ2v) is 5.89. The van der Waals surface area contributed by atoms with E-state index in [1.54, 1.807) is 17.0 Å². The average molecular weight is 344 g/mol. The van der Waals surface area contributed by atoms with Gasteiger partial charge >= 0.3 is 0 Å². The fourth-order valence-corrected chi connectivity index (χ4v) is 3.10. The van der Waals surface area contributed by atoms with Gasteiger partial charge in [-0.25, -0.2) is 4.39 Å². The third kappa shape index (κ3) is 2.47. The Balaban J connectivity index is 1.81. The molecule has 1 aromatic rings. The second-order valence-electron chi connectivity index (χ2n) is 5.04. The topological polar surface area (TPSA) is 38.8 Å². The summed E-state index contributed by atoms with van der Waals surface area (Å²) in [7, 11) is 0. The average Bonchev–Trinajstić information content (AvgIpc) is 2.89. The molecule has 0 atom stereocenters. The summed E-state index contributed by atoms with van der Waals surface area (Å²) in [6.07, 6.45) is 1.57. The van der Waals surface area contributed by atoms with Crippen LogP contribution in [0.25, 0.3) is 0 Å². The maximum Gasteiger partial charge on any atom is 0.257 e. The summed E-state index contributed by atoms with van der Waals surface area (Å²) in [6, 6.07) is 4.73. The highest BCUT2D eigenvalue weighted by Gasteiger charge is 2.42. The number of halogens is 2. The third-order valence-corrected chi connectivity index (χ3v) is 4.31. The van der Waals surface area contributed by atoms with Crippen molar-refractivity contribution in [2.24, 2.45) is 0 Å². The van der Waals surface area contributed by atoms with Crippen molar-refractivity contribution in [3.63, 3.8) is 0 Å². The van der Waals surface area contributed by atoms with Gasteiger partial charge in [0.05, 0.1) is 29.8 Å². The van der Waals surface area contributed by atoms with Crippen molar-refractivity contribution in [3.05, 3.63) is 34.1 Å². The molecule has 4 nitrogen and oxygen atoms in total. The SMILES string of the molecule is O=C(c1cccc(Br)c1F)N1CCCC2(C1)OCCO2. The Kier molecular flexibility index (Phi) is 3.79. The molecule has 2 saturated heterocycles. The second kappa shape index (κ2) is 5.42. The maximum atomic E-state index is 14.0. The minimum absolute atomic E-state index is 0.0782. The van der Waals surface area contributed by atoms with Crippen LogP contribution in [0.2, 0.25) is 0 Å². The van der Waals surface area contributed by atoms with Crippen molar-refractivity contribution in [2.45, 2.75) is 18.6 Å². The van der Waals surface area contributed by atoms with Gasteiger partial charge in [-0.05, 0) is 34.5 Å². The predicted octanol–water partition coefficient (Wildman–Crippen LogP) is 2.57. The minimum Gasteiger partial charge on any atom is -0.346 e. The first-order valence-corrected chi connectivity index (χ1v) is 7.42. The first-order chi connectivity index (χ1) is 9.61. The number of likely N-dealkylation sites (tertiary alicyclic amines) is 1. The summed E-state index contributed by atoms with van der Waals surface area (Å²) in [5.74, 6) is -1.52. The quantitative estimate of drug-likeness (QED) is 0.786. The van der Waals surface area contributed by atoms with Crippen LogP contribution in [0.5, 0.6) is 0 Å². The molecule has 108 valence electrons. The molecule has 20 heavy (non-hydrogen) atoms. The molecule has 1 amide bonds. The number of benzene rings is 1. The lowest BCUT2D eigenvalue weighted by Crippen LogP contribution is -2.51. The lowest BCUT2D eigenvalue weighted by molar-refractivity contribution is -0.183. The molecule has 0 saturated carbocycles. The van der Waals surface area contributed by atoms with E-state index in [1.807, 2.05) is 0 Å². The number of rotatable bonds is 1. The molecule has 0 radical (unpaired) electrons. The Labute approximate surface area is 125 Å². The summed E-state index contributed by atoms with van der Waals surface area (Å²) in [4.78, 5) is 14.1. The number of ether oxygens (including phenoxy) is 2.